The van der Waals surface area contributed by atoms with E-state index in [1.54, 1.807) is 0 Å². The number of rotatable bonds is 1. The van der Waals surface area contributed by atoms with Gasteiger partial charge in [0.15, 0.2) is 0 Å². The summed E-state index contributed by atoms with van der Waals surface area (Å²) in [6.45, 7) is -5.59. The maximum absolute atomic E-state index is 7.96. The minimum atomic E-state index is -2.79. The molecule has 2 heterocycles. The zero-order valence-corrected chi connectivity index (χ0v) is 8.33. The molecule has 0 unspecified atom stereocenters. The second-order valence-electron chi connectivity index (χ2n) is 2.39. The molecule has 0 aliphatic heterocycles. The van der Waals surface area contributed by atoms with Crippen molar-refractivity contribution in [1.29, 1.82) is 0 Å². The molecule has 0 atom stereocenters. The van der Waals surface area contributed by atoms with Crippen molar-refractivity contribution in [2.24, 2.45) is 0 Å². The average Bonchev–Trinajstić information content (AvgIpc) is 2.72. The van der Waals surface area contributed by atoms with Crippen molar-refractivity contribution in [1.82, 2.24) is 20.0 Å². The topological polar surface area (TPSA) is 43.6 Å². The van der Waals surface area contributed by atoms with E-state index in [9.17, 15) is 0 Å². The van der Waals surface area contributed by atoms with Crippen LogP contribution >= 0.6 is 15.9 Å². The lowest BCUT2D eigenvalue weighted by Crippen LogP contribution is -1.98. The van der Waals surface area contributed by atoms with E-state index >= 15 is 0 Å². The molecule has 0 radical (unpaired) electrons. The normalized spacial score (nSPS) is 20.6. The molecular formula is C9H9BrN4. The fourth-order valence-corrected chi connectivity index (χ4v) is 1.16. The van der Waals surface area contributed by atoms with E-state index < -0.39 is 37.2 Å². The van der Waals surface area contributed by atoms with Gasteiger partial charge in [0.2, 0.25) is 0 Å². The van der Waals surface area contributed by atoms with Gasteiger partial charge in [0.25, 0.3) is 0 Å². The van der Waals surface area contributed by atoms with E-state index in [0.717, 1.165) is 4.68 Å². The molecule has 72 valence electrons. The third-order valence-corrected chi connectivity index (χ3v) is 1.76. The molecule has 0 aliphatic rings. The summed E-state index contributed by atoms with van der Waals surface area (Å²) < 4.78 is 61.6. The highest BCUT2D eigenvalue weighted by Crippen LogP contribution is 2.11. The summed E-state index contributed by atoms with van der Waals surface area (Å²) in [5.41, 5.74) is -1.70. The molecule has 0 fully saturated rings. The molecule has 0 aromatic carbocycles. The molecule has 0 spiro atoms. The summed E-state index contributed by atoms with van der Waals surface area (Å²) in [4.78, 5) is 3.53. The van der Waals surface area contributed by atoms with E-state index in [2.05, 4.69) is 31.2 Å². The van der Waals surface area contributed by atoms with Gasteiger partial charge in [0, 0.05) is 19.6 Å². The van der Waals surface area contributed by atoms with Crippen molar-refractivity contribution in [3.8, 4) is 5.69 Å². The number of halogens is 1. The van der Waals surface area contributed by atoms with Crippen molar-refractivity contribution >= 4 is 15.9 Å². The molecule has 0 saturated carbocycles. The van der Waals surface area contributed by atoms with Crippen LogP contribution in [0.4, 0.5) is 0 Å². The van der Waals surface area contributed by atoms with Gasteiger partial charge < -0.3 is 0 Å². The number of hydrogen-bond acceptors (Lipinski definition) is 3. The van der Waals surface area contributed by atoms with Crippen LogP contribution in [0.1, 0.15) is 22.4 Å². The van der Waals surface area contributed by atoms with Crippen LogP contribution in [0, 0.1) is 13.7 Å². The minimum absolute atomic E-state index is 0.286. The summed E-state index contributed by atoms with van der Waals surface area (Å²) in [5, 5.41) is 7.26. The molecule has 0 N–H and O–H groups in total. The van der Waals surface area contributed by atoms with Crippen LogP contribution in [0.15, 0.2) is 22.9 Å². The number of aryl methyl sites for hydroxylation is 2. The Morgan fingerprint density at radius 2 is 2.14 bits per heavy atom. The van der Waals surface area contributed by atoms with E-state index in [-0.39, 0.29) is 10.3 Å². The van der Waals surface area contributed by atoms with Gasteiger partial charge >= 0.3 is 0 Å². The summed E-state index contributed by atoms with van der Waals surface area (Å²) in [6, 6.07) is -1.18. The van der Waals surface area contributed by atoms with Gasteiger partial charge in [-0.15, -0.1) is 5.10 Å². The third-order valence-electron chi connectivity index (χ3n) is 1.39. The van der Waals surface area contributed by atoms with Crippen molar-refractivity contribution in [3.05, 3.63) is 34.3 Å². The predicted molar refractivity (Wildman–Crippen MR) is 56.3 cm³/mol. The highest BCUT2D eigenvalue weighted by molar-refractivity contribution is 9.10. The molecule has 2 aromatic heterocycles. The zero-order valence-electron chi connectivity index (χ0n) is 14.7. The van der Waals surface area contributed by atoms with Crippen molar-refractivity contribution in [3.63, 3.8) is 0 Å². The Bertz CT molecular complexity index is 681. The lowest BCUT2D eigenvalue weighted by molar-refractivity contribution is 0.797. The summed E-state index contributed by atoms with van der Waals surface area (Å²) in [5.74, 6) is 0. The van der Waals surface area contributed by atoms with Crippen LogP contribution < -0.4 is 0 Å². The van der Waals surface area contributed by atoms with Gasteiger partial charge in [-0.25, -0.2) is 4.68 Å². The Morgan fingerprint density at radius 1 is 1.43 bits per heavy atom. The quantitative estimate of drug-likeness (QED) is 0.789. The van der Waals surface area contributed by atoms with Gasteiger partial charge in [-0.3, -0.25) is 4.98 Å². The lowest BCUT2D eigenvalue weighted by atomic mass is 10.3. The minimum Gasteiger partial charge on any atom is -0.258 e. The van der Waals surface area contributed by atoms with Gasteiger partial charge in [-0.1, -0.05) is 5.21 Å². The van der Waals surface area contributed by atoms with Crippen LogP contribution in [0.2, 0.25) is 0 Å². The fraction of sp³-hybridized carbons (Fsp3) is 0.222. The van der Waals surface area contributed by atoms with Crippen LogP contribution in [-0.2, 0) is 0 Å². The molecule has 14 heavy (non-hydrogen) atoms. The largest absolute Gasteiger partial charge is 0.258 e. The number of aromatic nitrogens is 4. The van der Waals surface area contributed by atoms with Crippen LogP contribution in [-0.4, -0.2) is 20.0 Å². The predicted octanol–water partition coefficient (Wildman–Crippen LogP) is 2.04. The first-order valence-electron chi connectivity index (χ1n) is 7.53. The van der Waals surface area contributed by atoms with Crippen LogP contribution in [0.5, 0.6) is 0 Å². The second-order valence-corrected chi connectivity index (χ2v) is 3.21. The first-order valence-corrected chi connectivity index (χ1v) is 4.32. The average molecular weight is 261 g/mol. The van der Waals surface area contributed by atoms with Gasteiger partial charge in [-0.2, -0.15) is 0 Å². The SMILES string of the molecule is [2H]c1c(C([2H])([2H])[2H])nc(C([2H])([2H])[2H])c([2H])c1-n1cc(Br)nn1. The summed E-state index contributed by atoms with van der Waals surface area (Å²) in [7, 11) is 0. The van der Waals surface area contributed by atoms with Gasteiger partial charge in [0.1, 0.15) is 4.60 Å². The molecule has 2 aromatic rings. The smallest absolute Gasteiger partial charge is 0.148 e. The Labute approximate surface area is 101 Å². The Balaban J connectivity index is 2.87. The second kappa shape index (κ2) is 3.49. The standard InChI is InChI=1S/C9H9BrN4/c1-6-3-8(4-7(2)11-6)14-5-9(10)12-13-14/h3-5H,1-2H3/i1D3,2D3,3D,4D. The molecule has 5 heteroatoms. The molecule has 0 amide bonds. The molecule has 2 rings (SSSR count). The highest BCUT2D eigenvalue weighted by atomic mass is 79.9. The van der Waals surface area contributed by atoms with Gasteiger partial charge in [-0.05, 0) is 41.7 Å². The fourth-order valence-electron chi connectivity index (χ4n) is 0.891. The Kier molecular flexibility index (Phi) is 0.931. The maximum atomic E-state index is 7.96. The van der Waals surface area contributed by atoms with Crippen LogP contribution in [0.25, 0.3) is 5.69 Å². The van der Waals surface area contributed by atoms with E-state index in [1.165, 1.54) is 6.20 Å². The Hall–Kier alpha value is -1.23. The third kappa shape index (κ3) is 1.82. The molecule has 4 nitrogen and oxygen atoms in total. The van der Waals surface area contributed by atoms with E-state index in [0.29, 0.717) is 0 Å². The maximum Gasteiger partial charge on any atom is 0.148 e. The van der Waals surface area contributed by atoms with E-state index in [1.807, 2.05) is 0 Å². The lowest BCUT2D eigenvalue weighted by Gasteiger charge is -2.02. The molecule has 0 aliphatic carbocycles. The zero-order chi connectivity index (χ0) is 16.9. The number of hydrogen-bond donors (Lipinski definition) is 0. The van der Waals surface area contributed by atoms with Gasteiger partial charge in [0.05, 0.1) is 14.6 Å². The first kappa shape index (κ1) is 3.73. The van der Waals surface area contributed by atoms with E-state index in [4.69, 9.17) is 11.0 Å². The molecule has 0 saturated heterocycles. The van der Waals surface area contributed by atoms with Crippen LogP contribution in [0.3, 0.4) is 0 Å². The molecular weight excluding hydrogens is 244 g/mol. The number of pyridine rings is 1. The van der Waals surface area contributed by atoms with Crippen molar-refractivity contribution in [2.45, 2.75) is 13.7 Å². The Morgan fingerprint density at radius 3 is 2.64 bits per heavy atom. The first-order chi connectivity index (χ1) is 9.93. The number of nitrogens with zero attached hydrogens (tertiary/aromatic N) is 4. The summed E-state index contributed by atoms with van der Waals surface area (Å²) in [6.07, 6.45) is 1.29. The summed E-state index contributed by atoms with van der Waals surface area (Å²) >= 11 is 3.04. The highest BCUT2D eigenvalue weighted by Gasteiger charge is 2.01. The van der Waals surface area contributed by atoms with Crippen molar-refractivity contribution in [2.75, 3.05) is 0 Å². The molecule has 0 bridgehead atoms. The van der Waals surface area contributed by atoms with Crippen molar-refractivity contribution < 1.29 is 11.0 Å². The monoisotopic (exact) mass is 260 g/mol.